The van der Waals surface area contributed by atoms with Crippen LogP contribution in [0.4, 0.5) is 0 Å². The van der Waals surface area contributed by atoms with Gasteiger partial charge in [0, 0.05) is 5.56 Å². The number of aliphatic carboxylic acids is 1. The summed E-state index contributed by atoms with van der Waals surface area (Å²) in [6, 6.07) is 5.66. The number of hydrogen-bond donors (Lipinski definition) is 2. The zero-order valence-electron chi connectivity index (χ0n) is 11.5. The van der Waals surface area contributed by atoms with Crippen molar-refractivity contribution in [3.63, 3.8) is 0 Å². The predicted molar refractivity (Wildman–Crippen MR) is 75.9 cm³/mol. The van der Waals surface area contributed by atoms with E-state index in [1.165, 1.54) is 0 Å². The number of nitrogens with one attached hydrogen (secondary N) is 1. The molecule has 1 unspecified atom stereocenters. The fraction of sp³-hybridized carbons (Fsp3) is 0.333. The van der Waals surface area contributed by atoms with Crippen molar-refractivity contribution >= 4 is 11.9 Å². The summed E-state index contributed by atoms with van der Waals surface area (Å²) in [5.41, 5.74) is 0.401. The molecular weight excluding hydrogens is 258 g/mol. The van der Waals surface area contributed by atoms with E-state index in [1.54, 1.807) is 30.3 Å². The molecule has 0 saturated heterocycles. The Balaban J connectivity index is 2.66. The fourth-order valence-corrected chi connectivity index (χ4v) is 1.65. The molecule has 1 rings (SSSR count). The Hall–Kier alpha value is -2.30. The lowest BCUT2D eigenvalue weighted by Gasteiger charge is -2.13. The van der Waals surface area contributed by atoms with Crippen LogP contribution in [0.2, 0.25) is 0 Å². The van der Waals surface area contributed by atoms with Gasteiger partial charge in [0.25, 0.3) is 5.91 Å². The number of carbonyl (C=O) groups is 2. The molecule has 0 radical (unpaired) electrons. The average Bonchev–Trinajstić information content (AvgIpc) is 2.45. The van der Waals surface area contributed by atoms with Gasteiger partial charge in [0.15, 0.2) is 0 Å². The van der Waals surface area contributed by atoms with Crippen molar-refractivity contribution in [1.29, 1.82) is 0 Å². The first kappa shape index (κ1) is 15.8. The molecule has 1 amide bonds. The summed E-state index contributed by atoms with van der Waals surface area (Å²) in [5, 5.41) is 11.5. The van der Waals surface area contributed by atoms with Crippen LogP contribution in [0, 0.1) is 0 Å². The van der Waals surface area contributed by atoms with Crippen molar-refractivity contribution in [1.82, 2.24) is 5.32 Å². The monoisotopic (exact) mass is 277 g/mol. The van der Waals surface area contributed by atoms with Crippen molar-refractivity contribution in [3.8, 4) is 5.75 Å². The van der Waals surface area contributed by atoms with E-state index in [1.807, 2.05) is 6.92 Å². The third-order valence-corrected chi connectivity index (χ3v) is 2.67. The molecule has 0 aliphatic heterocycles. The van der Waals surface area contributed by atoms with Gasteiger partial charge in [-0.15, -0.1) is 0 Å². The largest absolute Gasteiger partial charge is 0.490 e. The minimum atomic E-state index is -1.02. The average molecular weight is 277 g/mol. The van der Waals surface area contributed by atoms with Crippen molar-refractivity contribution in [2.45, 2.75) is 25.8 Å². The smallest absolute Gasteiger partial charge is 0.326 e. The molecule has 5 heteroatoms. The Morgan fingerprint density at radius 2 is 2.05 bits per heavy atom. The normalized spacial score (nSPS) is 11.4. The van der Waals surface area contributed by atoms with Crippen molar-refractivity contribution in [2.75, 3.05) is 6.61 Å². The molecule has 2 N–H and O–H groups in total. The van der Waals surface area contributed by atoms with Crippen LogP contribution in [-0.4, -0.2) is 29.6 Å². The highest BCUT2D eigenvalue weighted by Crippen LogP contribution is 2.12. The van der Waals surface area contributed by atoms with Gasteiger partial charge in [-0.3, -0.25) is 4.79 Å². The first-order valence-electron chi connectivity index (χ1n) is 6.46. The second-order valence-corrected chi connectivity index (χ2v) is 4.28. The van der Waals surface area contributed by atoms with Crippen LogP contribution < -0.4 is 10.1 Å². The van der Waals surface area contributed by atoms with Crippen LogP contribution in [0.15, 0.2) is 36.9 Å². The zero-order chi connectivity index (χ0) is 15.0. The molecule has 1 aromatic rings. The van der Waals surface area contributed by atoms with Crippen LogP contribution in [0.25, 0.3) is 0 Å². The summed E-state index contributed by atoms with van der Waals surface area (Å²) in [6.07, 6.45) is 2.72. The fourth-order valence-electron chi connectivity index (χ4n) is 1.65. The summed E-state index contributed by atoms with van der Waals surface area (Å²) >= 11 is 0. The highest BCUT2D eigenvalue weighted by Gasteiger charge is 2.19. The lowest BCUT2D eigenvalue weighted by Crippen LogP contribution is -2.40. The van der Waals surface area contributed by atoms with E-state index in [2.05, 4.69) is 11.9 Å². The van der Waals surface area contributed by atoms with E-state index in [-0.39, 0.29) is 0 Å². The summed E-state index contributed by atoms with van der Waals surface area (Å²) < 4.78 is 5.30. The minimum absolute atomic E-state index is 0.392. The Morgan fingerprint density at radius 1 is 1.40 bits per heavy atom. The summed E-state index contributed by atoms with van der Waals surface area (Å²) in [4.78, 5) is 22.9. The topological polar surface area (TPSA) is 75.6 Å². The van der Waals surface area contributed by atoms with Crippen LogP contribution in [-0.2, 0) is 4.79 Å². The third kappa shape index (κ3) is 4.76. The first-order chi connectivity index (χ1) is 9.58. The molecule has 0 spiro atoms. The highest BCUT2D eigenvalue weighted by atomic mass is 16.5. The van der Waals surface area contributed by atoms with Crippen LogP contribution >= 0.6 is 0 Å². The summed E-state index contributed by atoms with van der Waals surface area (Å²) in [7, 11) is 0. The predicted octanol–water partition coefficient (Wildman–Crippen LogP) is 2.23. The minimum Gasteiger partial charge on any atom is -0.490 e. The SMILES string of the molecule is C=CCOc1ccc(C(=O)NC(CCC)C(=O)O)cc1. The van der Waals surface area contributed by atoms with E-state index in [4.69, 9.17) is 9.84 Å². The number of carbonyl (C=O) groups excluding carboxylic acids is 1. The standard InChI is InChI=1S/C15H19NO4/c1-3-5-13(15(18)19)16-14(17)11-6-8-12(9-7-11)20-10-4-2/h4,6-9,13H,2-3,5,10H2,1H3,(H,16,17)(H,18,19). The Labute approximate surface area is 118 Å². The van der Waals surface area contributed by atoms with Crippen molar-refractivity contribution in [3.05, 3.63) is 42.5 Å². The molecule has 5 nitrogen and oxygen atoms in total. The lowest BCUT2D eigenvalue weighted by molar-refractivity contribution is -0.139. The zero-order valence-corrected chi connectivity index (χ0v) is 11.5. The van der Waals surface area contributed by atoms with Gasteiger partial charge in [-0.25, -0.2) is 4.79 Å². The van der Waals surface area contributed by atoms with E-state index in [0.717, 1.165) is 0 Å². The second kappa shape index (κ2) is 7.99. The molecule has 0 aliphatic rings. The molecule has 0 fully saturated rings. The third-order valence-electron chi connectivity index (χ3n) is 2.67. The maximum Gasteiger partial charge on any atom is 0.326 e. The van der Waals surface area contributed by atoms with Crippen molar-refractivity contribution in [2.24, 2.45) is 0 Å². The number of rotatable bonds is 8. The summed E-state index contributed by atoms with van der Waals surface area (Å²) in [6.45, 7) is 5.80. The molecule has 1 atom stereocenters. The molecule has 0 heterocycles. The molecule has 108 valence electrons. The van der Waals surface area contributed by atoms with Crippen LogP contribution in [0.5, 0.6) is 5.75 Å². The van der Waals surface area contributed by atoms with Gasteiger partial charge in [0.05, 0.1) is 0 Å². The summed E-state index contributed by atoms with van der Waals surface area (Å²) in [5.74, 6) is -0.794. The number of benzene rings is 1. The second-order valence-electron chi connectivity index (χ2n) is 4.28. The molecule has 20 heavy (non-hydrogen) atoms. The lowest BCUT2D eigenvalue weighted by atomic mass is 10.1. The first-order valence-corrected chi connectivity index (χ1v) is 6.46. The highest BCUT2D eigenvalue weighted by molar-refractivity contribution is 5.96. The van der Waals surface area contributed by atoms with Gasteiger partial charge < -0.3 is 15.2 Å². The maximum atomic E-state index is 11.9. The molecule has 0 aliphatic carbocycles. The maximum absolute atomic E-state index is 11.9. The Bertz CT molecular complexity index is 467. The van der Waals surface area contributed by atoms with Gasteiger partial charge in [-0.2, -0.15) is 0 Å². The number of amides is 1. The molecule has 1 aromatic carbocycles. The number of carboxylic acids is 1. The Morgan fingerprint density at radius 3 is 2.55 bits per heavy atom. The number of ether oxygens (including phenoxy) is 1. The number of carboxylic acid groups (broad SMARTS) is 1. The molecule has 0 aromatic heterocycles. The van der Waals surface area contributed by atoms with E-state index < -0.39 is 17.9 Å². The quantitative estimate of drug-likeness (QED) is 0.714. The van der Waals surface area contributed by atoms with Crippen LogP contribution in [0.1, 0.15) is 30.1 Å². The van der Waals surface area contributed by atoms with Gasteiger partial charge in [-0.05, 0) is 30.7 Å². The van der Waals surface area contributed by atoms with Gasteiger partial charge in [0.1, 0.15) is 18.4 Å². The van der Waals surface area contributed by atoms with E-state index in [9.17, 15) is 9.59 Å². The van der Waals surface area contributed by atoms with Crippen molar-refractivity contribution < 1.29 is 19.4 Å². The number of hydrogen-bond acceptors (Lipinski definition) is 3. The van der Waals surface area contributed by atoms with Gasteiger partial charge in [0.2, 0.25) is 0 Å². The van der Waals surface area contributed by atoms with E-state index >= 15 is 0 Å². The Kier molecular flexibility index (Phi) is 6.29. The molecule has 0 saturated carbocycles. The van der Waals surface area contributed by atoms with Gasteiger partial charge in [-0.1, -0.05) is 26.0 Å². The molecular formula is C15H19NO4. The molecule has 0 bridgehead atoms. The van der Waals surface area contributed by atoms with Crippen LogP contribution in [0.3, 0.4) is 0 Å². The van der Waals surface area contributed by atoms with E-state index in [0.29, 0.717) is 30.8 Å². The van der Waals surface area contributed by atoms with Gasteiger partial charge >= 0.3 is 5.97 Å².